The highest BCUT2D eigenvalue weighted by Crippen LogP contribution is 2.49. The second kappa shape index (κ2) is 9.37. The maximum atomic E-state index is 3.76. The zero-order valence-corrected chi connectivity index (χ0v) is 17.9. The van der Waals surface area contributed by atoms with E-state index < -0.39 is 0 Å². The molecule has 0 saturated carbocycles. The Balaban J connectivity index is 0.000000203. The van der Waals surface area contributed by atoms with E-state index in [4.69, 9.17) is 0 Å². The minimum atomic E-state index is 0.160. The Hall–Kier alpha value is -2.86. The van der Waals surface area contributed by atoms with Gasteiger partial charge in [-0.2, -0.15) is 0 Å². The lowest BCUT2D eigenvalue weighted by Gasteiger charge is -2.21. The van der Waals surface area contributed by atoms with Gasteiger partial charge < -0.3 is 0 Å². The van der Waals surface area contributed by atoms with Gasteiger partial charge in [0.05, 0.1) is 0 Å². The highest BCUT2D eigenvalue weighted by molar-refractivity contribution is 5.89. The molecule has 28 heavy (non-hydrogen) atoms. The van der Waals surface area contributed by atoms with Gasteiger partial charge in [0.15, 0.2) is 0 Å². The van der Waals surface area contributed by atoms with Crippen LogP contribution in [0.5, 0.6) is 0 Å². The summed E-state index contributed by atoms with van der Waals surface area (Å²) in [6, 6.07) is 17.1. The Kier molecular flexibility index (Phi) is 7.18. The Labute approximate surface area is 171 Å². The van der Waals surface area contributed by atoms with Crippen molar-refractivity contribution in [3.8, 4) is 0 Å². The molecule has 0 saturated heterocycles. The average molecular weight is 369 g/mol. The van der Waals surface area contributed by atoms with E-state index in [1.807, 2.05) is 12.2 Å². The summed E-state index contributed by atoms with van der Waals surface area (Å²) in [5.74, 6) is 0. The second-order valence-corrected chi connectivity index (χ2v) is 7.50. The number of allylic oxidation sites excluding steroid dienone is 8. The van der Waals surface area contributed by atoms with Gasteiger partial charge in [-0.05, 0) is 54.2 Å². The molecule has 0 aromatic heterocycles. The third-order valence-corrected chi connectivity index (χ3v) is 5.33. The molecule has 0 fully saturated rings. The van der Waals surface area contributed by atoms with Crippen LogP contribution in [0.2, 0.25) is 0 Å². The molecule has 0 spiro atoms. The molecule has 0 bridgehead atoms. The normalized spacial score (nSPS) is 17.7. The van der Waals surface area contributed by atoms with Crippen molar-refractivity contribution in [2.45, 2.75) is 40.0 Å². The molecule has 2 aromatic carbocycles. The van der Waals surface area contributed by atoms with Crippen molar-refractivity contribution in [2.24, 2.45) is 0 Å². The molecule has 3 rings (SSSR count). The molecule has 0 unspecified atom stereocenters. The molecule has 0 aliphatic heterocycles. The van der Waals surface area contributed by atoms with Gasteiger partial charge in [0.2, 0.25) is 0 Å². The van der Waals surface area contributed by atoms with Crippen molar-refractivity contribution < 1.29 is 0 Å². The molecule has 0 heterocycles. The van der Waals surface area contributed by atoms with Crippen molar-refractivity contribution >= 4 is 11.1 Å². The molecule has 0 atom stereocenters. The number of fused-ring (bicyclic) bond motifs is 1. The van der Waals surface area contributed by atoms with Crippen molar-refractivity contribution in [2.75, 3.05) is 0 Å². The maximum absolute atomic E-state index is 3.76. The molecular weight excluding hydrogens is 336 g/mol. The van der Waals surface area contributed by atoms with Crippen LogP contribution < -0.4 is 0 Å². The van der Waals surface area contributed by atoms with Crippen LogP contribution in [0, 0.1) is 6.92 Å². The fourth-order valence-electron chi connectivity index (χ4n) is 3.87. The Morgan fingerprint density at radius 3 is 2.07 bits per heavy atom. The first-order chi connectivity index (χ1) is 13.4. The van der Waals surface area contributed by atoms with Crippen molar-refractivity contribution in [3.63, 3.8) is 0 Å². The van der Waals surface area contributed by atoms with Crippen LogP contribution in [0.1, 0.15) is 49.9 Å². The minimum absolute atomic E-state index is 0.160. The van der Waals surface area contributed by atoms with E-state index in [1.54, 1.807) is 6.08 Å². The van der Waals surface area contributed by atoms with Gasteiger partial charge in [0.25, 0.3) is 0 Å². The number of aryl methyl sites for hydroxylation is 1. The second-order valence-electron chi connectivity index (χ2n) is 7.50. The zero-order chi connectivity index (χ0) is 20.7. The van der Waals surface area contributed by atoms with E-state index in [-0.39, 0.29) is 5.41 Å². The summed E-state index contributed by atoms with van der Waals surface area (Å²) in [5, 5.41) is 0. The van der Waals surface area contributed by atoms with E-state index in [0.717, 1.165) is 5.57 Å². The Morgan fingerprint density at radius 2 is 1.54 bits per heavy atom. The lowest BCUT2D eigenvalue weighted by molar-refractivity contribution is 0.659. The van der Waals surface area contributed by atoms with Gasteiger partial charge >= 0.3 is 0 Å². The predicted octanol–water partition coefficient (Wildman–Crippen LogP) is 8.08. The molecule has 0 heteroatoms. The van der Waals surface area contributed by atoms with E-state index in [9.17, 15) is 0 Å². The fraction of sp³-hybridized carbons (Fsp3) is 0.214. The van der Waals surface area contributed by atoms with E-state index in [2.05, 4.69) is 108 Å². The van der Waals surface area contributed by atoms with Gasteiger partial charge in [0.1, 0.15) is 0 Å². The summed E-state index contributed by atoms with van der Waals surface area (Å²) < 4.78 is 0. The van der Waals surface area contributed by atoms with Crippen LogP contribution in [-0.2, 0) is 5.41 Å². The summed E-state index contributed by atoms with van der Waals surface area (Å²) in [5.41, 5.74) is 9.42. The zero-order valence-electron chi connectivity index (χ0n) is 17.9. The summed E-state index contributed by atoms with van der Waals surface area (Å²) in [6.07, 6.45) is 10.0. The number of rotatable bonds is 3. The SMILES string of the molecule is C/C=C1/C(=C/C)C(C)(C)c2ccccc21.C=C/C=C(\C=C)c1ccc(C)cc1. The third-order valence-electron chi connectivity index (χ3n) is 5.33. The van der Waals surface area contributed by atoms with Gasteiger partial charge in [-0.1, -0.05) is 111 Å². The highest BCUT2D eigenvalue weighted by Gasteiger charge is 2.36. The van der Waals surface area contributed by atoms with E-state index >= 15 is 0 Å². The van der Waals surface area contributed by atoms with Crippen molar-refractivity contribution in [3.05, 3.63) is 120 Å². The monoisotopic (exact) mass is 368 g/mol. The molecule has 0 amide bonds. The smallest absolute Gasteiger partial charge is 0.0155 e. The first-order valence-corrected chi connectivity index (χ1v) is 9.86. The number of benzene rings is 2. The van der Waals surface area contributed by atoms with Crippen molar-refractivity contribution in [1.82, 2.24) is 0 Å². The van der Waals surface area contributed by atoms with E-state index in [0.29, 0.717) is 0 Å². The first-order valence-electron chi connectivity index (χ1n) is 9.86. The van der Waals surface area contributed by atoms with Crippen molar-refractivity contribution in [1.29, 1.82) is 0 Å². The van der Waals surface area contributed by atoms with Crippen LogP contribution in [-0.4, -0.2) is 0 Å². The lowest BCUT2D eigenvalue weighted by Crippen LogP contribution is -2.14. The molecule has 0 nitrogen and oxygen atoms in total. The molecular formula is C28H32. The third kappa shape index (κ3) is 4.34. The topological polar surface area (TPSA) is 0 Å². The number of hydrogen-bond donors (Lipinski definition) is 0. The first kappa shape index (κ1) is 21.4. The molecule has 0 N–H and O–H groups in total. The average Bonchev–Trinajstić information content (AvgIpc) is 2.93. The quantitative estimate of drug-likeness (QED) is 0.480. The van der Waals surface area contributed by atoms with Gasteiger partial charge in [-0.15, -0.1) is 0 Å². The van der Waals surface area contributed by atoms with Crippen LogP contribution >= 0.6 is 0 Å². The largest absolute Gasteiger partial charge is 0.0990 e. The predicted molar refractivity (Wildman–Crippen MR) is 126 cm³/mol. The van der Waals surface area contributed by atoms with Crippen LogP contribution in [0.4, 0.5) is 0 Å². The summed E-state index contributed by atoms with van der Waals surface area (Å²) in [6.45, 7) is 18.4. The minimum Gasteiger partial charge on any atom is -0.0990 e. The van der Waals surface area contributed by atoms with Crippen LogP contribution in [0.25, 0.3) is 11.1 Å². The number of hydrogen-bond acceptors (Lipinski definition) is 0. The van der Waals surface area contributed by atoms with Gasteiger partial charge in [-0.25, -0.2) is 0 Å². The molecule has 144 valence electrons. The standard InChI is InChI=1S/C15H18.C13H14/c1-5-11-12-9-7-8-10-14(12)15(3,4)13(11)6-2;1-4-6-12(5-2)13-9-7-11(3)8-10-13/h5-10H,1-4H3;4-10H,1-2H2,3H3/b11-5+,13-6-;12-6+. The summed E-state index contributed by atoms with van der Waals surface area (Å²) in [7, 11) is 0. The summed E-state index contributed by atoms with van der Waals surface area (Å²) in [4.78, 5) is 0. The molecule has 0 radical (unpaired) electrons. The van der Waals surface area contributed by atoms with E-state index in [1.165, 1.54) is 33.4 Å². The van der Waals surface area contributed by atoms with Gasteiger partial charge in [-0.3, -0.25) is 0 Å². The van der Waals surface area contributed by atoms with Crippen LogP contribution in [0.3, 0.4) is 0 Å². The molecule has 2 aromatic rings. The Bertz CT molecular complexity index is 928. The Morgan fingerprint density at radius 1 is 0.893 bits per heavy atom. The highest BCUT2D eigenvalue weighted by atomic mass is 14.4. The van der Waals surface area contributed by atoms with Crippen LogP contribution in [0.15, 0.2) is 97.6 Å². The molecule has 1 aliphatic rings. The lowest BCUT2D eigenvalue weighted by atomic mass is 9.82. The molecule has 1 aliphatic carbocycles. The maximum Gasteiger partial charge on any atom is 0.0155 e. The van der Waals surface area contributed by atoms with Gasteiger partial charge in [0, 0.05) is 5.41 Å². The fourth-order valence-corrected chi connectivity index (χ4v) is 3.87. The summed E-state index contributed by atoms with van der Waals surface area (Å²) >= 11 is 0.